The van der Waals surface area contributed by atoms with Gasteiger partial charge in [0.25, 0.3) is 0 Å². The van der Waals surface area contributed by atoms with Crippen LogP contribution >= 0.6 is 35.0 Å². The van der Waals surface area contributed by atoms with Crippen LogP contribution in [0.2, 0.25) is 10.0 Å². The first-order valence-corrected chi connectivity index (χ1v) is 11.6. The van der Waals surface area contributed by atoms with Gasteiger partial charge in [-0.3, -0.25) is 14.8 Å². The molecule has 0 fully saturated rings. The van der Waals surface area contributed by atoms with E-state index in [1.165, 1.54) is 6.92 Å². The van der Waals surface area contributed by atoms with Gasteiger partial charge in [-0.25, -0.2) is 0 Å². The number of hydrogen-bond donors (Lipinski definition) is 1. The van der Waals surface area contributed by atoms with Crippen molar-refractivity contribution < 1.29 is 4.79 Å². The summed E-state index contributed by atoms with van der Waals surface area (Å²) in [6.45, 7) is 3.43. The highest BCUT2D eigenvalue weighted by Gasteiger charge is 2.21. The van der Waals surface area contributed by atoms with E-state index in [2.05, 4.69) is 20.7 Å². The summed E-state index contributed by atoms with van der Waals surface area (Å²) in [5.41, 5.74) is 6.30. The van der Waals surface area contributed by atoms with E-state index in [0.717, 1.165) is 28.7 Å². The van der Waals surface area contributed by atoms with Crippen LogP contribution in [0.25, 0.3) is 17.1 Å². The maximum Gasteiger partial charge on any atom is 0.202 e. The minimum absolute atomic E-state index is 0.199. The van der Waals surface area contributed by atoms with Gasteiger partial charge < -0.3 is 0 Å². The highest BCUT2D eigenvalue weighted by atomic mass is 35.5. The third kappa shape index (κ3) is 5.27. The summed E-state index contributed by atoms with van der Waals surface area (Å²) >= 11 is 13.7. The number of ketones is 1. The van der Waals surface area contributed by atoms with Crippen LogP contribution in [0.5, 0.6) is 0 Å². The molecule has 0 radical (unpaired) electrons. The first-order chi connectivity index (χ1) is 15.9. The number of hydrazone groups is 1. The predicted octanol–water partition coefficient (Wildman–Crippen LogP) is 6.66. The average molecular weight is 496 g/mol. The topological polar surface area (TPSA) is 72.2 Å². The van der Waals surface area contributed by atoms with Crippen LogP contribution in [0.3, 0.4) is 0 Å². The number of halogens is 2. The quantitative estimate of drug-likeness (QED) is 0.140. The molecule has 33 heavy (non-hydrogen) atoms. The Balaban J connectivity index is 1.77. The molecule has 0 unspecified atom stereocenters. The lowest BCUT2D eigenvalue weighted by Crippen LogP contribution is -2.10. The monoisotopic (exact) mass is 495 g/mol. The van der Waals surface area contributed by atoms with Crippen molar-refractivity contribution in [2.75, 3.05) is 5.43 Å². The van der Waals surface area contributed by atoms with Gasteiger partial charge in [0.15, 0.2) is 16.7 Å². The molecule has 1 N–H and O–H groups in total. The van der Waals surface area contributed by atoms with Gasteiger partial charge in [-0.2, -0.15) is 5.10 Å². The Labute approximate surface area is 205 Å². The van der Waals surface area contributed by atoms with E-state index >= 15 is 0 Å². The summed E-state index contributed by atoms with van der Waals surface area (Å²) in [7, 11) is 0. The third-order valence-corrected chi connectivity index (χ3v) is 6.30. The molecule has 0 atom stereocenters. The second-order valence-corrected chi connectivity index (χ2v) is 8.90. The Morgan fingerprint density at radius 2 is 1.73 bits per heavy atom. The summed E-state index contributed by atoms with van der Waals surface area (Å²) in [5, 5.41) is 14.8. The molecule has 0 aliphatic carbocycles. The molecule has 1 heterocycles. The van der Waals surface area contributed by atoms with E-state index in [1.807, 2.05) is 66.1 Å². The number of nitrogens with zero attached hydrogens (tertiary/aromatic N) is 4. The minimum atomic E-state index is -0.199. The molecule has 0 aliphatic rings. The number of aryl methyl sites for hydroxylation is 1. The number of carbonyl (C=O) groups excluding carboxylic acids is 1. The van der Waals surface area contributed by atoms with Crippen LogP contribution in [0.15, 0.2) is 83.1 Å². The van der Waals surface area contributed by atoms with Gasteiger partial charge in [0.1, 0.15) is 0 Å². The van der Waals surface area contributed by atoms with Crippen molar-refractivity contribution in [3.8, 4) is 17.1 Å². The Morgan fingerprint density at radius 1 is 1.00 bits per heavy atom. The molecule has 9 heteroatoms. The number of aromatic nitrogens is 3. The first-order valence-electron chi connectivity index (χ1n) is 9.98. The zero-order valence-electron chi connectivity index (χ0n) is 17.8. The number of rotatable bonds is 6. The molecule has 0 saturated carbocycles. The maximum atomic E-state index is 12.4. The first kappa shape index (κ1) is 23.0. The van der Waals surface area contributed by atoms with Crippen molar-refractivity contribution in [2.24, 2.45) is 5.10 Å². The summed E-state index contributed by atoms with van der Waals surface area (Å²) < 4.78 is 1.84. The number of benzene rings is 3. The number of Topliss-reactive ketones (excluding diaryl/α,β-unsaturated/α-hetero) is 1. The fourth-order valence-corrected chi connectivity index (χ4v) is 4.33. The van der Waals surface area contributed by atoms with Gasteiger partial charge in [-0.05, 0) is 60.6 Å². The number of thioether (sulfide) groups is 1. The molecule has 0 bridgehead atoms. The van der Waals surface area contributed by atoms with Gasteiger partial charge in [-0.1, -0.05) is 59.6 Å². The van der Waals surface area contributed by atoms with Crippen LogP contribution in [0.1, 0.15) is 12.5 Å². The molecule has 0 spiro atoms. The van der Waals surface area contributed by atoms with Crippen LogP contribution in [0, 0.1) is 6.92 Å². The van der Waals surface area contributed by atoms with E-state index in [4.69, 9.17) is 23.2 Å². The number of nitrogens with one attached hydrogen (secondary N) is 1. The van der Waals surface area contributed by atoms with Gasteiger partial charge in [0, 0.05) is 23.2 Å². The Bertz CT molecular complexity index is 1340. The van der Waals surface area contributed by atoms with Gasteiger partial charge in [0.2, 0.25) is 5.16 Å². The molecule has 0 saturated heterocycles. The second-order valence-electron chi connectivity index (χ2n) is 7.10. The van der Waals surface area contributed by atoms with Crippen molar-refractivity contribution in [1.82, 2.24) is 14.8 Å². The third-order valence-electron chi connectivity index (χ3n) is 4.73. The lowest BCUT2D eigenvalue weighted by Gasteiger charge is -2.12. The highest BCUT2D eigenvalue weighted by molar-refractivity contribution is 8.15. The number of anilines is 1. The fraction of sp³-hybridized carbons (Fsp3) is 0.0833. The molecule has 166 valence electrons. The molecule has 0 amide bonds. The lowest BCUT2D eigenvalue weighted by atomic mass is 10.2. The number of para-hydroxylation sites is 2. The van der Waals surface area contributed by atoms with Crippen molar-refractivity contribution in [3.63, 3.8) is 0 Å². The smallest absolute Gasteiger partial charge is 0.202 e. The van der Waals surface area contributed by atoms with Gasteiger partial charge in [-0.15, -0.1) is 10.2 Å². The Morgan fingerprint density at radius 3 is 2.42 bits per heavy atom. The van der Waals surface area contributed by atoms with Crippen molar-refractivity contribution >= 4 is 51.5 Å². The zero-order chi connectivity index (χ0) is 23.4. The Kier molecular flexibility index (Phi) is 7.13. The van der Waals surface area contributed by atoms with E-state index in [9.17, 15) is 4.79 Å². The molecule has 3 aromatic carbocycles. The van der Waals surface area contributed by atoms with E-state index in [0.29, 0.717) is 26.6 Å². The van der Waals surface area contributed by atoms with Crippen LogP contribution in [-0.2, 0) is 4.79 Å². The van der Waals surface area contributed by atoms with E-state index < -0.39 is 0 Å². The van der Waals surface area contributed by atoms with E-state index in [1.54, 1.807) is 18.2 Å². The summed E-state index contributed by atoms with van der Waals surface area (Å²) in [6, 6.07) is 22.5. The minimum Gasteiger partial charge on any atom is -0.292 e. The molecule has 0 aliphatic heterocycles. The fourth-order valence-electron chi connectivity index (χ4n) is 3.06. The molecule has 4 aromatic rings. The van der Waals surface area contributed by atoms with Crippen molar-refractivity contribution in [3.05, 3.63) is 88.4 Å². The average Bonchev–Trinajstić information content (AvgIpc) is 3.21. The molecule has 6 nitrogen and oxygen atoms in total. The van der Waals surface area contributed by atoms with Gasteiger partial charge in [0.05, 0.1) is 10.7 Å². The molecule has 4 rings (SSSR count). The summed E-state index contributed by atoms with van der Waals surface area (Å²) in [6.07, 6.45) is 0. The van der Waals surface area contributed by atoms with Gasteiger partial charge >= 0.3 is 0 Å². The highest BCUT2D eigenvalue weighted by Crippen LogP contribution is 2.34. The maximum absolute atomic E-state index is 12.4. The normalized spacial score (nSPS) is 11.5. The Hall–Kier alpha value is -3.13. The van der Waals surface area contributed by atoms with Crippen LogP contribution in [0.4, 0.5) is 5.69 Å². The van der Waals surface area contributed by atoms with Crippen molar-refractivity contribution in [2.45, 2.75) is 19.0 Å². The van der Waals surface area contributed by atoms with Crippen LogP contribution < -0.4 is 5.43 Å². The molecular weight excluding hydrogens is 477 g/mol. The SMILES string of the molecule is CC(=O)/C(=N/Nc1ccccc1C)Sc1nnc(-c2ccc(Cl)cc2Cl)n1-c1ccccc1. The predicted molar refractivity (Wildman–Crippen MR) is 136 cm³/mol. The summed E-state index contributed by atoms with van der Waals surface area (Å²) in [5.74, 6) is 0.329. The molecule has 1 aromatic heterocycles. The van der Waals surface area contributed by atoms with Crippen LogP contribution in [-0.4, -0.2) is 25.6 Å². The summed E-state index contributed by atoms with van der Waals surface area (Å²) in [4.78, 5) is 12.4. The largest absolute Gasteiger partial charge is 0.292 e. The number of carbonyl (C=O) groups is 1. The van der Waals surface area contributed by atoms with E-state index in [-0.39, 0.29) is 10.8 Å². The lowest BCUT2D eigenvalue weighted by molar-refractivity contribution is -0.110. The van der Waals surface area contributed by atoms with Crippen molar-refractivity contribution in [1.29, 1.82) is 0 Å². The molecular formula is C24H19Cl2N5OS. The number of hydrogen-bond acceptors (Lipinski definition) is 6. The zero-order valence-corrected chi connectivity index (χ0v) is 20.1. The second kappa shape index (κ2) is 10.2. The standard InChI is InChI=1S/C24H19Cl2N5OS/c1-15-8-6-7-11-21(15)27-29-23(16(2)32)33-24-30-28-22(19-13-12-17(25)14-20(19)26)31(24)18-9-4-3-5-10-18/h3-14,27H,1-2H3/b29-23-.